The molecule has 0 unspecified atom stereocenters. The number of carbonyl (C=O) groups excluding carboxylic acids is 1. The molecule has 5 heteroatoms. The summed E-state index contributed by atoms with van der Waals surface area (Å²) in [6, 6.07) is 8.89. The number of aromatic nitrogens is 1. The molecule has 19 heavy (non-hydrogen) atoms. The van der Waals surface area contributed by atoms with Gasteiger partial charge in [0.25, 0.3) is 0 Å². The van der Waals surface area contributed by atoms with Gasteiger partial charge in [0.2, 0.25) is 0 Å². The average molecular weight is 317 g/mol. The highest BCUT2D eigenvalue weighted by atomic mass is 79.9. The van der Waals surface area contributed by atoms with Gasteiger partial charge in [-0.3, -0.25) is 9.78 Å². The summed E-state index contributed by atoms with van der Waals surface area (Å²) in [5.41, 5.74) is 1.73. The van der Waals surface area contributed by atoms with E-state index < -0.39 is 0 Å². The van der Waals surface area contributed by atoms with Gasteiger partial charge in [-0.05, 0) is 24.3 Å². The fourth-order valence-electron chi connectivity index (χ4n) is 1.52. The van der Waals surface area contributed by atoms with E-state index in [9.17, 15) is 4.79 Å². The molecule has 0 radical (unpaired) electrons. The number of pyridine rings is 1. The van der Waals surface area contributed by atoms with Gasteiger partial charge in [-0.15, -0.1) is 0 Å². The molecule has 0 aliphatic carbocycles. The number of halogens is 1. The number of aldehydes is 1. The predicted molar refractivity (Wildman–Crippen MR) is 72.8 cm³/mol. The second kappa shape index (κ2) is 6.12. The minimum absolute atomic E-state index is 0.250. The van der Waals surface area contributed by atoms with Crippen molar-refractivity contribution in [3.63, 3.8) is 0 Å². The van der Waals surface area contributed by atoms with Crippen LogP contribution in [0.3, 0.4) is 0 Å². The van der Waals surface area contributed by atoms with Gasteiger partial charge in [-0.2, -0.15) is 5.26 Å². The van der Waals surface area contributed by atoms with Crippen LogP contribution in [-0.2, 0) is 6.61 Å². The third-order valence-electron chi connectivity index (χ3n) is 2.42. The zero-order chi connectivity index (χ0) is 13.7. The summed E-state index contributed by atoms with van der Waals surface area (Å²) >= 11 is 3.32. The second-order valence-corrected chi connectivity index (χ2v) is 4.70. The lowest BCUT2D eigenvalue weighted by Gasteiger charge is -2.08. The highest BCUT2D eigenvalue weighted by Crippen LogP contribution is 2.23. The summed E-state index contributed by atoms with van der Waals surface area (Å²) in [6.45, 7) is 0.250. The van der Waals surface area contributed by atoms with E-state index >= 15 is 0 Å². The van der Waals surface area contributed by atoms with E-state index in [1.54, 1.807) is 30.5 Å². The van der Waals surface area contributed by atoms with Crippen molar-refractivity contribution >= 4 is 22.2 Å². The van der Waals surface area contributed by atoms with E-state index in [-0.39, 0.29) is 6.61 Å². The topological polar surface area (TPSA) is 63.0 Å². The largest absolute Gasteiger partial charge is 0.488 e. The highest BCUT2D eigenvalue weighted by molar-refractivity contribution is 9.10. The van der Waals surface area contributed by atoms with Gasteiger partial charge in [0.05, 0.1) is 11.1 Å². The third kappa shape index (κ3) is 3.39. The van der Waals surface area contributed by atoms with E-state index in [4.69, 9.17) is 10.00 Å². The summed E-state index contributed by atoms with van der Waals surface area (Å²) in [4.78, 5) is 14.8. The van der Waals surface area contributed by atoms with Crippen molar-refractivity contribution < 1.29 is 9.53 Å². The van der Waals surface area contributed by atoms with Crippen LogP contribution in [0.15, 0.2) is 41.1 Å². The van der Waals surface area contributed by atoms with Crippen LogP contribution in [0, 0.1) is 11.3 Å². The van der Waals surface area contributed by atoms with Crippen LogP contribution in [0.25, 0.3) is 0 Å². The lowest BCUT2D eigenvalue weighted by molar-refractivity contribution is 0.111. The smallest absolute Gasteiger partial charge is 0.153 e. The van der Waals surface area contributed by atoms with Crippen molar-refractivity contribution in [1.82, 2.24) is 4.98 Å². The monoisotopic (exact) mass is 316 g/mol. The Morgan fingerprint density at radius 1 is 1.37 bits per heavy atom. The fourth-order valence-corrected chi connectivity index (χ4v) is 1.86. The number of hydrogen-bond acceptors (Lipinski definition) is 4. The summed E-state index contributed by atoms with van der Waals surface area (Å²) in [5, 5.41) is 8.78. The van der Waals surface area contributed by atoms with Gasteiger partial charge < -0.3 is 4.74 Å². The number of hydrogen-bond donors (Lipinski definition) is 0. The van der Waals surface area contributed by atoms with Gasteiger partial charge in [-0.1, -0.05) is 15.9 Å². The standard InChI is InChI=1S/C14H9BrN2O2/c15-13-2-1-12(8-18)14(4-13)19-9-11-3-10(5-16)6-17-7-11/h1-4,6-8H,9H2. The molecule has 4 nitrogen and oxygen atoms in total. The summed E-state index contributed by atoms with van der Waals surface area (Å²) < 4.78 is 6.41. The summed E-state index contributed by atoms with van der Waals surface area (Å²) in [6.07, 6.45) is 3.85. The Morgan fingerprint density at radius 2 is 2.21 bits per heavy atom. The van der Waals surface area contributed by atoms with Crippen molar-refractivity contribution in [3.05, 3.63) is 57.8 Å². The van der Waals surface area contributed by atoms with Crippen LogP contribution in [0.5, 0.6) is 5.75 Å². The van der Waals surface area contributed by atoms with Gasteiger partial charge in [-0.25, -0.2) is 0 Å². The van der Waals surface area contributed by atoms with Gasteiger partial charge >= 0.3 is 0 Å². The molecule has 0 bridgehead atoms. The molecule has 0 aliphatic rings. The molecule has 0 spiro atoms. The van der Waals surface area contributed by atoms with E-state index in [2.05, 4.69) is 20.9 Å². The molecule has 0 aliphatic heterocycles. The summed E-state index contributed by atoms with van der Waals surface area (Å²) in [7, 11) is 0. The SMILES string of the molecule is N#Cc1cncc(COc2cc(Br)ccc2C=O)c1. The first kappa shape index (κ1) is 13.2. The Labute approximate surface area is 118 Å². The third-order valence-corrected chi connectivity index (χ3v) is 2.91. The number of ether oxygens (including phenoxy) is 1. The molecular weight excluding hydrogens is 308 g/mol. The molecule has 1 heterocycles. The Morgan fingerprint density at radius 3 is 2.95 bits per heavy atom. The van der Waals surface area contributed by atoms with Crippen LogP contribution in [0.4, 0.5) is 0 Å². The normalized spacial score (nSPS) is 9.68. The maximum absolute atomic E-state index is 10.9. The average Bonchev–Trinajstić information content (AvgIpc) is 2.45. The number of nitrogens with zero attached hydrogens (tertiary/aromatic N) is 2. The quantitative estimate of drug-likeness (QED) is 0.813. The first-order chi connectivity index (χ1) is 9.22. The maximum atomic E-state index is 10.9. The first-order valence-corrected chi connectivity index (χ1v) is 6.24. The van der Waals surface area contributed by atoms with Gasteiger partial charge in [0.1, 0.15) is 18.4 Å². The maximum Gasteiger partial charge on any atom is 0.153 e. The molecule has 0 N–H and O–H groups in total. The van der Waals surface area contributed by atoms with Crippen molar-refractivity contribution in [1.29, 1.82) is 5.26 Å². The van der Waals surface area contributed by atoms with Gasteiger partial charge in [0.15, 0.2) is 6.29 Å². The molecule has 1 aromatic heterocycles. The molecule has 1 aromatic carbocycles. The Hall–Kier alpha value is -2.19. The van der Waals surface area contributed by atoms with Crippen LogP contribution in [0.1, 0.15) is 21.5 Å². The van der Waals surface area contributed by atoms with Crippen LogP contribution in [-0.4, -0.2) is 11.3 Å². The molecule has 2 aromatic rings. The van der Waals surface area contributed by atoms with Crippen molar-refractivity contribution in [3.8, 4) is 11.8 Å². The lowest BCUT2D eigenvalue weighted by atomic mass is 10.2. The summed E-state index contributed by atoms with van der Waals surface area (Å²) in [5.74, 6) is 0.492. The van der Waals surface area contributed by atoms with Crippen LogP contribution < -0.4 is 4.74 Å². The van der Waals surface area contributed by atoms with E-state index in [1.807, 2.05) is 6.07 Å². The predicted octanol–water partition coefficient (Wildman–Crippen LogP) is 3.11. The highest BCUT2D eigenvalue weighted by Gasteiger charge is 2.05. The zero-order valence-electron chi connectivity index (χ0n) is 9.84. The molecule has 0 fully saturated rings. The number of rotatable bonds is 4. The van der Waals surface area contributed by atoms with E-state index in [0.717, 1.165) is 16.3 Å². The van der Waals surface area contributed by atoms with Gasteiger partial charge in [0, 0.05) is 22.4 Å². The fraction of sp³-hybridized carbons (Fsp3) is 0.0714. The van der Waals surface area contributed by atoms with Crippen LogP contribution in [0.2, 0.25) is 0 Å². The van der Waals surface area contributed by atoms with E-state index in [1.165, 1.54) is 6.20 Å². The zero-order valence-corrected chi connectivity index (χ0v) is 11.4. The Balaban J connectivity index is 2.16. The Bertz CT molecular complexity index is 650. The van der Waals surface area contributed by atoms with E-state index in [0.29, 0.717) is 16.9 Å². The first-order valence-electron chi connectivity index (χ1n) is 5.44. The minimum atomic E-state index is 0.250. The molecule has 0 saturated heterocycles. The molecule has 0 amide bonds. The lowest BCUT2D eigenvalue weighted by Crippen LogP contribution is -1.99. The number of nitriles is 1. The molecule has 94 valence electrons. The molecule has 2 rings (SSSR count). The van der Waals surface area contributed by atoms with Crippen molar-refractivity contribution in [2.24, 2.45) is 0 Å². The van der Waals surface area contributed by atoms with Crippen LogP contribution >= 0.6 is 15.9 Å². The Kier molecular flexibility index (Phi) is 4.26. The molecule has 0 saturated carbocycles. The van der Waals surface area contributed by atoms with Crippen molar-refractivity contribution in [2.75, 3.05) is 0 Å². The van der Waals surface area contributed by atoms with Crippen molar-refractivity contribution in [2.45, 2.75) is 6.61 Å². The number of carbonyl (C=O) groups is 1. The minimum Gasteiger partial charge on any atom is -0.488 e. The number of benzene rings is 1. The molecule has 0 atom stereocenters. The molecular formula is C14H9BrN2O2. The second-order valence-electron chi connectivity index (χ2n) is 3.78.